The molecule has 2 aromatic rings. The second-order valence-electron chi connectivity index (χ2n) is 2.71. The predicted molar refractivity (Wildman–Crippen MR) is 67.4 cm³/mol. The zero-order valence-corrected chi connectivity index (χ0v) is 9.48. The molecular formula is C8H7N3S3. The first kappa shape index (κ1) is 9.57. The molecule has 0 spiro atoms. The molecule has 0 atom stereocenters. The van der Waals surface area contributed by atoms with Gasteiger partial charge < -0.3 is 16.0 Å². The monoisotopic (exact) mass is 241 g/mol. The van der Waals surface area contributed by atoms with Crippen LogP contribution in [0.2, 0.25) is 0 Å². The van der Waals surface area contributed by atoms with Crippen molar-refractivity contribution in [1.82, 2.24) is 4.98 Å². The number of thiazole rings is 1. The molecule has 0 saturated heterocycles. The number of anilines is 1. The van der Waals surface area contributed by atoms with Crippen LogP contribution in [0.3, 0.4) is 0 Å². The van der Waals surface area contributed by atoms with Crippen molar-refractivity contribution in [1.29, 1.82) is 0 Å². The summed E-state index contributed by atoms with van der Waals surface area (Å²) in [6, 6.07) is 5.81. The summed E-state index contributed by atoms with van der Waals surface area (Å²) < 4.78 is 1.86. The van der Waals surface area contributed by atoms with E-state index in [9.17, 15) is 0 Å². The van der Waals surface area contributed by atoms with Gasteiger partial charge in [-0.05, 0) is 42.6 Å². The van der Waals surface area contributed by atoms with Gasteiger partial charge in [-0.2, -0.15) is 0 Å². The van der Waals surface area contributed by atoms with E-state index < -0.39 is 0 Å². The smallest absolute Gasteiger partial charge is 0.168 e. The second-order valence-corrected chi connectivity index (χ2v) is 4.87. The molecule has 0 saturated carbocycles. The highest BCUT2D eigenvalue weighted by atomic mass is 32.1. The fraction of sp³-hybridized carbons (Fsp3) is 0. The van der Waals surface area contributed by atoms with Crippen molar-refractivity contribution in [3.8, 4) is 0 Å². The number of aromatic nitrogens is 1. The maximum Gasteiger partial charge on any atom is 0.168 e. The molecule has 0 amide bonds. The van der Waals surface area contributed by atoms with Crippen molar-refractivity contribution in [2.75, 3.05) is 5.32 Å². The minimum Gasteiger partial charge on any atom is -0.376 e. The molecule has 0 fully saturated rings. The van der Waals surface area contributed by atoms with Gasteiger partial charge in [0.25, 0.3) is 0 Å². The molecule has 0 aliphatic carbocycles. The van der Waals surface area contributed by atoms with Gasteiger partial charge >= 0.3 is 0 Å². The Morgan fingerprint density at radius 1 is 1.50 bits per heavy atom. The van der Waals surface area contributed by atoms with Crippen LogP contribution in [0, 0.1) is 3.95 Å². The third-order valence-electron chi connectivity index (χ3n) is 1.69. The minimum atomic E-state index is 0.267. The molecule has 1 heterocycles. The Morgan fingerprint density at radius 2 is 2.29 bits per heavy atom. The molecule has 6 heteroatoms. The average Bonchev–Trinajstić information content (AvgIpc) is 2.42. The van der Waals surface area contributed by atoms with E-state index in [1.165, 1.54) is 11.3 Å². The van der Waals surface area contributed by atoms with Crippen LogP contribution in [-0.2, 0) is 0 Å². The van der Waals surface area contributed by atoms with E-state index in [1.807, 2.05) is 18.2 Å². The predicted octanol–water partition coefficient (Wildman–Crippen LogP) is 2.61. The lowest BCUT2D eigenvalue weighted by Crippen LogP contribution is -2.18. The van der Waals surface area contributed by atoms with E-state index in [4.69, 9.17) is 30.2 Å². The Kier molecular flexibility index (Phi) is 2.49. The Bertz CT molecular complexity index is 540. The van der Waals surface area contributed by atoms with Gasteiger partial charge in [0.2, 0.25) is 0 Å². The summed E-state index contributed by atoms with van der Waals surface area (Å²) in [6.45, 7) is 0. The first-order valence-electron chi connectivity index (χ1n) is 3.84. The minimum absolute atomic E-state index is 0.267. The zero-order valence-electron chi connectivity index (χ0n) is 7.03. The number of fused-ring (bicyclic) bond motifs is 1. The molecule has 3 nitrogen and oxygen atoms in total. The lowest BCUT2D eigenvalue weighted by molar-refractivity contribution is 1.47. The Labute approximate surface area is 94.9 Å². The quantitative estimate of drug-likeness (QED) is 0.672. The molecule has 0 unspecified atom stereocenters. The first-order valence-corrected chi connectivity index (χ1v) is 5.48. The average molecular weight is 241 g/mol. The summed E-state index contributed by atoms with van der Waals surface area (Å²) >= 11 is 11.3. The number of hydrogen-bond donors (Lipinski definition) is 3. The highest BCUT2D eigenvalue weighted by molar-refractivity contribution is 7.80. The van der Waals surface area contributed by atoms with Crippen molar-refractivity contribution in [3.05, 3.63) is 22.2 Å². The Morgan fingerprint density at radius 3 is 3.00 bits per heavy atom. The van der Waals surface area contributed by atoms with Crippen molar-refractivity contribution >= 4 is 56.8 Å². The summed E-state index contributed by atoms with van der Waals surface area (Å²) in [4.78, 5) is 3.08. The molecule has 0 aliphatic heterocycles. The van der Waals surface area contributed by atoms with E-state index in [0.29, 0.717) is 0 Å². The maximum atomic E-state index is 5.37. The molecule has 0 aliphatic rings. The summed E-state index contributed by atoms with van der Waals surface area (Å²) in [7, 11) is 0. The first-order chi connectivity index (χ1) is 6.65. The number of nitrogens with two attached hydrogens (primary N) is 1. The molecule has 72 valence electrons. The number of aromatic amines is 1. The van der Waals surface area contributed by atoms with Gasteiger partial charge in [-0.15, -0.1) is 11.3 Å². The van der Waals surface area contributed by atoms with E-state index in [2.05, 4.69) is 10.3 Å². The van der Waals surface area contributed by atoms with Crippen LogP contribution in [0.4, 0.5) is 5.69 Å². The maximum absolute atomic E-state index is 5.37. The lowest BCUT2D eigenvalue weighted by Gasteiger charge is -2.02. The van der Waals surface area contributed by atoms with Crippen LogP contribution in [-0.4, -0.2) is 10.1 Å². The number of nitrogens with one attached hydrogen (secondary N) is 2. The number of hydrogen-bond acceptors (Lipinski definition) is 3. The highest BCUT2D eigenvalue weighted by Gasteiger charge is 1.99. The molecule has 0 radical (unpaired) electrons. The van der Waals surface area contributed by atoms with E-state index in [-0.39, 0.29) is 5.11 Å². The molecule has 14 heavy (non-hydrogen) atoms. The van der Waals surface area contributed by atoms with Crippen LogP contribution < -0.4 is 11.1 Å². The summed E-state index contributed by atoms with van der Waals surface area (Å²) in [6.07, 6.45) is 0. The fourth-order valence-corrected chi connectivity index (χ4v) is 2.44. The normalized spacial score (nSPS) is 10.3. The van der Waals surface area contributed by atoms with Crippen molar-refractivity contribution < 1.29 is 0 Å². The van der Waals surface area contributed by atoms with Crippen LogP contribution >= 0.6 is 35.8 Å². The highest BCUT2D eigenvalue weighted by Crippen LogP contribution is 2.22. The van der Waals surface area contributed by atoms with Crippen molar-refractivity contribution in [2.24, 2.45) is 5.73 Å². The van der Waals surface area contributed by atoms with Gasteiger partial charge in [0.05, 0.1) is 10.2 Å². The van der Waals surface area contributed by atoms with Crippen molar-refractivity contribution in [3.63, 3.8) is 0 Å². The number of rotatable bonds is 1. The van der Waals surface area contributed by atoms with Gasteiger partial charge in [0, 0.05) is 5.69 Å². The van der Waals surface area contributed by atoms with E-state index in [0.717, 1.165) is 19.9 Å². The molecule has 0 bridgehead atoms. The standard InChI is InChI=1S/C8H7N3S3/c9-7(12)10-4-1-2-5-6(3-4)14-8(13)11-5/h1-3H,(H,11,13)(H3,9,10,12). The lowest BCUT2D eigenvalue weighted by atomic mass is 10.3. The third-order valence-corrected chi connectivity index (χ3v) is 2.99. The summed E-state index contributed by atoms with van der Waals surface area (Å²) in [5, 5.41) is 3.14. The fourth-order valence-electron chi connectivity index (χ4n) is 1.17. The molecule has 4 N–H and O–H groups in total. The van der Waals surface area contributed by atoms with Gasteiger partial charge in [-0.1, -0.05) is 0 Å². The van der Waals surface area contributed by atoms with Gasteiger partial charge in [-0.3, -0.25) is 0 Å². The van der Waals surface area contributed by atoms with Crippen LogP contribution in [0.15, 0.2) is 18.2 Å². The Balaban J connectivity index is 2.50. The zero-order chi connectivity index (χ0) is 10.1. The largest absolute Gasteiger partial charge is 0.376 e. The Hall–Kier alpha value is -0.980. The molecular weight excluding hydrogens is 234 g/mol. The second kappa shape index (κ2) is 3.64. The van der Waals surface area contributed by atoms with E-state index >= 15 is 0 Å². The number of thiocarbonyl (C=S) groups is 1. The van der Waals surface area contributed by atoms with Gasteiger partial charge in [0.1, 0.15) is 0 Å². The number of benzene rings is 1. The summed E-state index contributed by atoms with van der Waals surface area (Å²) in [5.41, 5.74) is 7.29. The van der Waals surface area contributed by atoms with E-state index in [1.54, 1.807) is 0 Å². The molecule has 1 aromatic heterocycles. The number of H-pyrrole nitrogens is 1. The van der Waals surface area contributed by atoms with Crippen LogP contribution in [0.5, 0.6) is 0 Å². The van der Waals surface area contributed by atoms with Gasteiger partial charge in [0.15, 0.2) is 9.07 Å². The van der Waals surface area contributed by atoms with Gasteiger partial charge in [-0.25, -0.2) is 0 Å². The van der Waals surface area contributed by atoms with Crippen molar-refractivity contribution in [2.45, 2.75) is 0 Å². The topological polar surface area (TPSA) is 53.8 Å². The van der Waals surface area contributed by atoms with Crippen LogP contribution in [0.25, 0.3) is 10.2 Å². The molecule has 2 rings (SSSR count). The van der Waals surface area contributed by atoms with Crippen LogP contribution in [0.1, 0.15) is 0 Å². The summed E-state index contributed by atoms with van der Waals surface area (Å²) in [5.74, 6) is 0. The SMILES string of the molecule is NC(=S)Nc1ccc2[nH]c(=S)sc2c1. The third kappa shape index (κ3) is 1.92. The molecule has 1 aromatic carbocycles.